The van der Waals surface area contributed by atoms with E-state index in [0.717, 1.165) is 4.88 Å². The van der Waals surface area contributed by atoms with Crippen LogP contribution in [0.15, 0.2) is 22.7 Å². The Morgan fingerprint density at radius 1 is 1.33 bits per heavy atom. The van der Waals surface area contributed by atoms with Crippen LogP contribution in [0.4, 0.5) is 5.95 Å². The number of hydrogen-bond donors (Lipinski definition) is 2. The highest BCUT2D eigenvalue weighted by atomic mass is 32.2. The summed E-state index contributed by atoms with van der Waals surface area (Å²) in [7, 11) is -3.72. The molecule has 0 saturated carbocycles. The summed E-state index contributed by atoms with van der Waals surface area (Å²) in [5.41, 5.74) is 0.706. The molecule has 0 aliphatic rings. The summed E-state index contributed by atoms with van der Waals surface area (Å²) >= 11 is 1.42. The summed E-state index contributed by atoms with van der Waals surface area (Å²) in [4.78, 5) is 4.88. The maximum Gasteiger partial charge on any atom is 0.265 e. The molecule has 0 unspecified atom stereocenters. The molecule has 0 aromatic carbocycles. The van der Waals surface area contributed by atoms with E-state index >= 15 is 0 Å². The van der Waals surface area contributed by atoms with E-state index in [2.05, 4.69) is 25.2 Å². The van der Waals surface area contributed by atoms with Gasteiger partial charge in [-0.1, -0.05) is 13.8 Å². The van der Waals surface area contributed by atoms with Gasteiger partial charge in [-0.25, -0.2) is 18.1 Å². The van der Waals surface area contributed by atoms with E-state index in [0.29, 0.717) is 12.1 Å². The van der Waals surface area contributed by atoms with Crippen molar-refractivity contribution in [3.05, 3.63) is 28.2 Å². The Morgan fingerprint density at radius 3 is 2.71 bits per heavy atom. The fourth-order valence-electron chi connectivity index (χ4n) is 1.73. The molecule has 0 atom stereocenters. The first-order valence-corrected chi connectivity index (χ1v) is 8.73. The van der Waals surface area contributed by atoms with Crippen molar-refractivity contribution in [2.45, 2.75) is 38.3 Å². The normalized spacial score (nSPS) is 11.8. The minimum absolute atomic E-state index is 0.0362. The zero-order chi connectivity index (χ0) is 15.5. The van der Waals surface area contributed by atoms with E-state index in [1.54, 1.807) is 6.92 Å². The van der Waals surface area contributed by atoms with Gasteiger partial charge >= 0.3 is 0 Å². The molecule has 0 aliphatic heterocycles. The van der Waals surface area contributed by atoms with E-state index in [9.17, 15) is 8.42 Å². The van der Waals surface area contributed by atoms with E-state index in [1.807, 2.05) is 19.2 Å². The van der Waals surface area contributed by atoms with Crippen LogP contribution < -0.4 is 10.0 Å². The Morgan fingerprint density at radius 2 is 2.10 bits per heavy atom. The predicted octanol–water partition coefficient (Wildman–Crippen LogP) is 1.54. The lowest BCUT2D eigenvalue weighted by atomic mass is 10.3. The number of nitrogens with zero attached hydrogens (tertiary/aromatic N) is 3. The first kappa shape index (κ1) is 15.8. The Labute approximate surface area is 127 Å². The molecule has 21 heavy (non-hydrogen) atoms. The van der Waals surface area contributed by atoms with Gasteiger partial charge in [0.2, 0.25) is 0 Å². The molecular weight excluding hydrogens is 310 g/mol. The first-order chi connectivity index (χ1) is 9.90. The summed E-state index contributed by atoms with van der Waals surface area (Å²) in [5.74, 6) is -0.0362. The summed E-state index contributed by atoms with van der Waals surface area (Å²) in [6, 6.07) is 0.276. The van der Waals surface area contributed by atoms with Crippen molar-refractivity contribution in [1.82, 2.24) is 20.5 Å². The number of aromatic nitrogens is 3. The molecule has 9 heteroatoms. The molecule has 2 aromatic heterocycles. The molecule has 2 heterocycles. The lowest BCUT2D eigenvalue weighted by molar-refractivity contribution is 0.581. The van der Waals surface area contributed by atoms with Gasteiger partial charge in [-0.15, -0.1) is 16.4 Å². The van der Waals surface area contributed by atoms with Crippen LogP contribution in [0.25, 0.3) is 0 Å². The highest BCUT2D eigenvalue weighted by Crippen LogP contribution is 2.28. The topological polar surface area (TPSA) is 96.9 Å². The van der Waals surface area contributed by atoms with E-state index in [-0.39, 0.29) is 16.9 Å². The summed E-state index contributed by atoms with van der Waals surface area (Å²) < 4.78 is 27.4. The van der Waals surface area contributed by atoms with Gasteiger partial charge in [0.1, 0.15) is 4.90 Å². The molecule has 0 amide bonds. The second-order valence-electron chi connectivity index (χ2n) is 4.78. The Bertz CT molecular complexity index is 698. The average Bonchev–Trinajstić information content (AvgIpc) is 2.79. The SMILES string of the molecule is Cc1csc(CNC(C)C)c1S(=O)(=O)Nc1nccnn1. The van der Waals surface area contributed by atoms with E-state index in [4.69, 9.17) is 0 Å². The zero-order valence-electron chi connectivity index (χ0n) is 12.0. The minimum Gasteiger partial charge on any atom is -0.310 e. The van der Waals surface area contributed by atoms with Crippen LogP contribution in [0.5, 0.6) is 0 Å². The van der Waals surface area contributed by atoms with E-state index < -0.39 is 10.0 Å². The standard InChI is InChI=1S/C12H17N5O2S2/c1-8(2)14-6-10-11(9(3)7-20-10)21(18,19)17-12-13-4-5-15-16-12/h4-5,7-8,14H,6H2,1-3H3,(H,13,16,17). The van der Waals surface area contributed by atoms with Crippen molar-refractivity contribution < 1.29 is 8.42 Å². The molecule has 114 valence electrons. The molecule has 7 nitrogen and oxygen atoms in total. The number of rotatable bonds is 6. The number of aryl methyl sites for hydroxylation is 1. The number of nitrogens with one attached hydrogen (secondary N) is 2. The Kier molecular flexibility index (Phi) is 4.86. The molecule has 0 aliphatic carbocycles. The summed E-state index contributed by atoms with van der Waals surface area (Å²) in [5, 5.41) is 12.3. The molecule has 0 saturated heterocycles. The molecule has 0 fully saturated rings. The van der Waals surface area contributed by atoms with Crippen molar-refractivity contribution in [1.29, 1.82) is 0 Å². The zero-order valence-corrected chi connectivity index (χ0v) is 13.6. The van der Waals surface area contributed by atoms with Crippen LogP contribution in [0, 0.1) is 6.92 Å². The van der Waals surface area contributed by atoms with Crippen molar-refractivity contribution in [3.63, 3.8) is 0 Å². The molecule has 2 aromatic rings. The lowest BCUT2D eigenvalue weighted by Gasteiger charge is -2.10. The largest absolute Gasteiger partial charge is 0.310 e. The molecule has 0 radical (unpaired) electrons. The van der Waals surface area contributed by atoms with Crippen molar-refractivity contribution in [2.75, 3.05) is 4.72 Å². The smallest absolute Gasteiger partial charge is 0.265 e. The van der Waals surface area contributed by atoms with Crippen LogP contribution in [0.1, 0.15) is 24.3 Å². The highest BCUT2D eigenvalue weighted by molar-refractivity contribution is 7.93. The second-order valence-corrected chi connectivity index (χ2v) is 7.36. The first-order valence-electron chi connectivity index (χ1n) is 6.37. The van der Waals surface area contributed by atoms with Crippen molar-refractivity contribution >= 4 is 27.3 Å². The van der Waals surface area contributed by atoms with Crippen molar-refractivity contribution in [3.8, 4) is 0 Å². The van der Waals surface area contributed by atoms with Crippen LogP contribution in [-0.4, -0.2) is 29.6 Å². The van der Waals surface area contributed by atoms with Gasteiger partial charge in [-0.2, -0.15) is 5.10 Å². The van der Waals surface area contributed by atoms with E-state index in [1.165, 1.54) is 23.7 Å². The maximum absolute atomic E-state index is 12.5. The lowest BCUT2D eigenvalue weighted by Crippen LogP contribution is -2.23. The second kappa shape index (κ2) is 6.46. The Balaban J connectivity index is 2.29. The predicted molar refractivity (Wildman–Crippen MR) is 81.7 cm³/mol. The number of hydrogen-bond acceptors (Lipinski definition) is 7. The number of thiophene rings is 1. The molecule has 2 rings (SSSR count). The van der Waals surface area contributed by atoms with Gasteiger partial charge in [0.15, 0.2) is 0 Å². The van der Waals surface area contributed by atoms with Gasteiger partial charge in [0, 0.05) is 17.5 Å². The molecule has 2 N–H and O–H groups in total. The highest BCUT2D eigenvalue weighted by Gasteiger charge is 2.24. The van der Waals surface area contributed by atoms with Gasteiger partial charge in [0.25, 0.3) is 16.0 Å². The molecule has 0 spiro atoms. The average molecular weight is 327 g/mol. The third-order valence-electron chi connectivity index (χ3n) is 2.64. The third kappa shape index (κ3) is 3.96. The minimum atomic E-state index is -3.72. The van der Waals surface area contributed by atoms with Gasteiger partial charge in [0.05, 0.1) is 12.4 Å². The summed E-state index contributed by atoms with van der Waals surface area (Å²) in [6.07, 6.45) is 2.76. The number of sulfonamides is 1. The molecular formula is C12H17N5O2S2. The van der Waals surface area contributed by atoms with Crippen LogP contribution in [-0.2, 0) is 16.6 Å². The van der Waals surface area contributed by atoms with Crippen LogP contribution in [0.3, 0.4) is 0 Å². The van der Waals surface area contributed by atoms with Gasteiger partial charge < -0.3 is 5.32 Å². The Hall–Kier alpha value is -1.58. The fraction of sp³-hybridized carbons (Fsp3) is 0.417. The monoisotopic (exact) mass is 327 g/mol. The van der Waals surface area contributed by atoms with Crippen LogP contribution >= 0.6 is 11.3 Å². The number of anilines is 1. The fourth-order valence-corrected chi connectivity index (χ4v) is 4.44. The summed E-state index contributed by atoms with van der Waals surface area (Å²) in [6.45, 7) is 6.29. The van der Waals surface area contributed by atoms with Crippen LogP contribution in [0.2, 0.25) is 0 Å². The maximum atomic E-state index is 12.5. The third-order valence-corrected chi connectivity index (χ3v) is 5.43. The van der Waals surface area contributed by atoms with Gasteiger partial charge in [-0.05, 0) is 17.9 Å². The quantitative estimate of drug-likeness (QED) is 0.835. The van der Waals surface area contributed by atoms with Crippen molar-refractivity contribution in [2.24, 2.45) is 0 Å². The van der Waals surface area contributed by atoms with Gasteiger partial charge in [-0.3, -0.25) is 0 Å². The molecule has 0 bridgehead atoms.